The SMILES string of the molecule is C[C@H](NCc1ccc(-c2ccc(Cl)cc2)o1)c1ccccc1. The zero-order chi connectivity index (χ0) is 15.4. The number of furan rings is 1. The van der Waals surface area contributed by atoms with Crippen LogP contribution < -0.4 is 5.32 Å². The monoisotopic (exact) mass is 311 g/mol. The molecule has 1 atom stereocenters. The lowest BCUT2D eigenvalue weighted by molar-refractivity contribution is 0.468. The molecule has 2 nitrogen and oxygen atoms in total. The number of benzene rings is 2. The molecular formula is C19H18ClNO. The van der Waals surface area contributed by atoms with E-state index < -0.39 is 0 Å². The maximum atomic E-state index is 5.91. The Morgan fingerprint density at radius 3 is 2.41 bits per heavy atom. The lowest BCUT2D eigenvalue weighted by atomic mass is 10.1. The number of halogens is 1. The summed E-state index contributed by atoms with van der Waals surface area (Å²) < 4.78 is 5.89. The van der Waals surface area contributed by atoms with Gasteiger partial charge in [-0.05, 0) is 48.9 Å². The van der Waals surface area contributed by atoms with Gasteiger partial charge < -0.3 is 9.73 Å². The van der Waals surface area contributed by atoms with Crippen molar-refractivity contribution in [3.8, 4) is 11.3 Å². The van der Waals surface area contributed by atoms with E-state index in [1.54, 1.807) is 0 Å². The minimum absolute atomic E-state index is 0.283. The lowest BCUT2D eigenvalue weighted by Gasteiger charge is -2.12. The zero-order valence-corrected chi connectivity index (χ0v) is 13.2. The van der Waals surface area contributed by atoms with E-state index in [4.69, 9.17) is 16.0 Å². The molecule has 3 aromatic rings. The zero-order valence-electron chi connectivity index (χ0n) is 12.4. The van der Waals surface area contributed by atoms with Gasteiger partial charge >= 0.3 is 0 Å². The van der Waals surface area contributed by atoms with Crippen LogP contribution in [0, 0.1) is 0 Å². The highest BCUT2D eigenvalue weighted by molar-refractivity contribution is 6.30. The van der Waals surface area contributed by atoms with Crippen LogP contribution in [0.5, 0.6) is 0 Å². The van der Waals surface area contributed by atoms with Crippen molar-refractivity contribution in [3.05, 3.63) is 83.1 Å². The minimum Gasteiger partial charge on any atom is -0.460 e. The Kier molecular flexibility index (Phi) is 4.62. The maximum absolute atomic E-state index is 5.91. The molecule has 0 aliphatic carbocycles. The van der Waals surface area contributed by atoms with Gasteiger partial charge in [-0.3, -0.25) is 0 Å². The molecule has 0 radical (unpaired) electrons. The fourth-order valence-corrected chi connectivity index (χ4v) is 2.48. The Morgan fingerprint density at radius 2 is 1.68 bits per heavy atom. The second-order valence-electron chi connectivity index (χ2n) is 5.29. The number of rotatable bonds is 5. The van der Waals surface area contributed by atoms with E-state index >= 15 is 0 Å². The molecule has 1 N–H and O–H groups in total. The van der Waals surface area contributed by atoms with Crippen molar-refractivity contribution in [3.63, 3.8) is 0 Å². The molecule has 0 bridgehead atoms. The molecule has 112 valence electrons. The molecule has 3 rings (SSSR count). The molecule has 3 heteroatoms. The topological polar surface area (TPSA) is 25.2 Å². The van der Waals surface area contributed by atoms with Crippen LogP contribution >= 0.6 is 11.6 Å². The van der Waals surface area contributed by atoms with Crippen molar-refractivity contribution in [2.45, 2.75) is 19.5 Å². The summed E-state index contributed by atoms with van der Waals surface area (Å²) in [6.45, 7) is 2.85. The average molecular weight is 312 g/mol. The van der Waals surface area contributed by atoms with Crippen molar-refractivity contribution >= 4 is 11.6 Å². The van der Waals surface area contributed by atoms with Gasteiger partial charge in [-0.15, -0.1) is 0 Å². The first-order valence-corrected chi connectivity index (χ1v) is 7.73. The van der Waals surface area contributed by atoms with E-state index in [2.05, 4.69) is 36.5 Å². The summed E-state index contributed by atoms with van der Waals surface area (Å²) in [6.07, 6.45) is 0. The molecule has 0 amide bonds. The second-order valence-corrected chi connectivity index (χ2v) is 5.72. The predicted molar refractivity (Wildman–Crippen MR) is 90.9 cm³/mol. The van der Waals surface area contributed by atoms with Gasteiger partial charge in [0.15, 0.2) is 0 Å². The summed E-state index contributed by atoms with van der Waals surface area (Å²) in [7, 11) is 0. The first-order chi connectivity index (χ1) is 10.7. The lowest BCUT2D eigenvalue weighted by Crippen LogP contribution is -2.17. The Bertz CT molecular complexity index is 719. The summed E-state index contributed by atoms with van der Waals surface area (Å²) >= 11 is 5.91. The maximum Gasteiger partial charge on any atom is 0.134 e. The van der Waals surface area contributed by atoms with E-state index in [0.717, 1.165) is 22.1 Å². The van der Waals surface area contributed by atoms with Crippen LogP contribution in [0.1, 0.15) is 24.3 Å². The van der Waals surface area contributed by atoms with Gasteiger partial charge in [-0.2, -0.15) is 0 Å². The predicted octanol–water partition coefficient (Wildman–Crippen LogP) is 5.45. The van der Waals surface area contributed by atoms with Gasteiger partial charge in [0.2, 0.25) is 0 Å². The van der Waals surface area contributed by atoms with E-state index in [-0.39, 0.29) is 6.04 Å². The molecule has 1 aromatic heterocycles. The molecule has 0 spiro atoms. The quantitative estimate of drug-likeness (QED) is 0.677. The average Bonchev–Trinajstić information content (AvgIpc) is 3.03. The number of nitrogens with one attached hydrogen (secondary N) is 1. The van der Waals surface area contributed by atoms with Gasteiger partial charge in [0, 0.05) is 16.6 Å². The summed E-state index contributed by atoms with van der Waals surface area (Å²) in [5.41, 5.74) is 2.30. The molecular weight excluding hydrogens is 294 g/mol. The van der Waals surface area contributed by atoms with Gasteiger partial charge in [-0.1, -0.05) is 41.9 Å². The normalized spacial score (nSPS) is 12.3. The Hall–Kier alpha value is -2.03. The van der Waals surface area contributed by atoms with Crippen molar-refractivity contribution < 1.29 is 4.42 Å². The molecule has 0 fully saturated rings. The highest BCUT2D eigenvalue weighted by Gasteiger charge is 2.08. The third-order valence-electron chi connectivity index (χ3n) is 3.67. The number of hydrogen-bond donors (Lipinski definition) is 1. The molecule has 1 heterocycles. The molecule has 0 saturated heterocycles. The minimum atomic E-state index is 0.283. The van der Waals surface area contributed by atoms with Gasteiger partial charge in [0.1, 0.15) is 11.5 Å². The first kappa shape index (κ1) is 14.9. The van der Waals surface area contributed by atoms with Crippen molar-refractivity contribution in [1.29, 1.82) is 0 Å². The molecule has 0 aliphatic heterocycles. The molecule has 0 saturated carbocycles. The highest BCUT2D eigenvalue weighted by atomic mass is 35.5. The van der Waals surface area contributed by atoms with Crippen LogP contribution in [-0.2, 0) is 6.54 Å². The standard InChI is InChI=1S/C19H18ClNO/c1-14(15-5-3-2-4-6-15)21-13-18-11-12-19(22-18)16-7-9-17(20)10-8-16/h2-12,14,21H,13H2,1H3/t14-/m0/s1. The third kappa shape index (κ3) is 3.59. The van der Waals surface area contributed by atoms with Crippen LogP contribution in [0.3, 0.4) is 0 Å². The molecule has 2 aromatic carbocycles. The van der Waals surface area contributed by atoms with Crippen molar-refractivity contribution in [1.82, 2.24) is 5.32 Å². The smallest absolute Gasteiger partial charge is 0.134 e. The highest BCUT2D eigenvalue weighted by Crippen LogP contribution is 2.24. The van der Waals surface area contributed by atoms with E-state index in [0.29, 0.717) is 6.54 Å². The van der Waals surface area contributed by atoms with E-state index in [1.165, 1.54) is 5.56 Å². The van der Waals surface area contributed by atoms with Crippen LogP contribution in [0.2, 0.25) is 5.02 Å². The molecule has 22 heavy (non-hydrogen) atoms. The van der Waals surface area contributed by atoms with Crippen LogP contribution in [0.25, 0.3) is 11.3 Å². The van der Waals surface area contributed by atoms with Gasteiger partial charge in [0.25, 0.3) is 0 Å². The Balaban J connectivity index is 1.63. The van der Waals surface area contributed by atoms with Crippen molar-refractivity contribution in [2.75, 3.05) is 0 Å². The Labute approximate surface area is 135 Å². The van der Waals surface area contributed by atoms with Gasteiger partial charge in [0.05, 0.1) is 6.54 Å². The first-order valence-electron chi connectivity index (χ1n) is 7.35. The van der Waals surface area contributed by atoms with Crippen LogP contribution in [0.15, 0.2) is 71.1 Å². The Morgan fingerprint density at radius 1 is 0.955 bits per heavy atom. The van der Waals surface area contributed by atoms with Gasteiger partial charge in [-0.25, -0.2) is 0 Å². The summed E-state index contributed by atoms with van der Waals surface area (Å²) in [6, 6.07) is 22.3. The molecule has 0 unspecified atom stereocenters. The fourth-order valence-electron chi connectivity index (χ4n) is 2.36. The summed E-state index contributed by atoms with van der Waals surface area (Å²) in [4.78, 5) is 0. The largest absolute Gasteiger partial charge is 0.460 e. The summed E-state index contributed by atoms with van der Waals surface area (Å²) in [5, 5.41) is 4.20. The van der Waals surface area contributed by atoms with E-state index in [1.807, 2.05) is 42.5 Å². The fraction of sp³-hybridized carbons (Fsp3) is 0.158. The second kappa shape index (κ2) is 6.82. The third-order valence-corrected chi connectivity index (χ3v) is 3.92. The molecule has 0 aliphatic rings. The van der Waals surface area contributed by atoms with Crippen LogP contribution in [0.4, 0.5) is 0 Å². The van der Waals surface area contributed by atoms with E-state index in [9.17, 15) is 0 Å². The summed E-state index contributed by atoms with van der Waals surface area (Å²) in [5.74, 6) is 1.79. The number of hydrogen-bond acceptors (Lipinski definition) is 2. The van der Waals surface area contributed by atoms with Crippen LogP contribution in [-0.4, -0.2) is 0 Å². The van der Waals surface area contributed by atoms with Crippen molar-refractivity contribution in [2.24, 2.45) is 0 Å².